The summed E-state index contributed by atoms with van der Waals surface area (Å²) in [6, 6.07) is 14.9. The van der Waals surface area contributed by atoms with Gasteiger partial charge in [-0.05, 0) is 23.8 Å². The van der Waals surface area contributed by atoms with Crippen LogP contribution in [0.15, 0.2) is 59.2 Å². The van der Waals surface area contributed by atoms with E-state index < -0.39 is 18.0 Å². The fourth-order valence-electron chi connectivity index (χ4n) is 4.30. The highest BCUT2D eigenvalue weighted by atomic mass is 79.9. The second-order valence-electron chi connectivity index (χ2n) is 7.81. The van der Waals surface area contributed by atoms with Crippen LogP contribution in [0.2, 0.25) is 0 Å². The van der Waals surface area contributed by atoms with Crippen LogP contribution in [-0.2, 0) is 22.7 Å². The smallest absolute Gasteiger partial charge is 0.325 e. The van der Waals surface area contributed by atoms with Crippen molar-refractivity contribution < 1.29 is 19.8 Å². The van der Waals surface area contributed by atoms with E-state index in [1.54, 1.807) is 10.8 Å². The van der Waals surface area contributed by atoms with Crippen LogP contribution in [0.5, 0.6) is 0 Å². The Labute approximate surface area is 188 Å². The number of piperazine rings is 1. The van der Waals surface area contributed by atoms with Crippen LogP contribution in [0.3, 0.4) is 0 Å². The Hall–Kier alpha value is -2.68. The summed E-state index contributed by atoms with van der Waals surface area (Å²) in [6.07, 6.45) is 1.68. The summed E-state index contributed by atoms with van der Waals surface area (Å²) in [4.78, 5) is 28.0. The number of carboxylic acids is 2. The van der Waals surface area contributed by atoms with Crippen LogP contribution < -0.4 is 0 Å². The topological polar surface area (TPSA) is 86.0 Å². The molecule has 7 nitrogen and oxygen atoms in total. The highest BCUT2D eigenvalue weighted by Gasteiger charge is 2.33. The molecule has 0 bridgehead atoms. The molecule has 0 radical (unpaired) electrons. The fourth-order valence-corrected chi connectivity index (χ4v) is 4.66. The molecule has 1 atom stereocenters. The molecule has 2 aromatic carbocycles. The standard InChI is InChI=1S/C23H24BrN3O4/c24-17-6-7-20-18(12-17)19(14-27(20)15-21(28)29)22(23(30)31)26-10-8-25(9-11-26)13-16-4-2-1-3-5-16/h1-7,12,14,22H,8-11,13,15H2,(H,28,29)(H,30,31)/t22-/m0/s1. The lowest BCUT2D eigenvalue weighted by Crippen LogP contribution is -2.48. The summed E-state index contributed by atoms with van der Waals surface area (Å²) >= 11 is 3.45. The van der Waals surface area contributed by atoms with E-state index in [-0.39, 0.29) is 6.54 Å². The van der Waals surface area contributed by atoms with E-state index >= 15 is 0 Å². The van der Waals surface area contributed by atoms with Gasteiger partial charge >= 0.3 is 11.9 Å². The van der Waals surface area contributed by atoms with Crippen molar-refractivity contribution in [3.8, 4) is 0 Å². The minimum atomic E-state index is -0.965. The Bertz CT molecular complexity index is 1090. The van der Waals surface area contributed by atoms with E-state index in [9.17, 15) is 19.8 Å². The molecule has 0 saturated carbocycles. The van der Waals surface area contributed by atoms with Crippen LogP contribution in [0.1, 0.15) is 17.2 Å². The minimum Gasteiger partial charge on any atom is -0.480 e. The summed E-state index contributed by atoms with van der Waals surface area (Å²) in [5.41, 5.74) is 2.59. The van der Waals surface area contributed by atoms with Crippen LogP contribution in [0, 0.1) is 0 Å². The third-order valence-electron chi connectivity index (χ3n) is 5.73. The number of benzene rings is 2. The van der Waals surface area contributed by atoms with Crippen LogP contribution >= 0.6 is 15.9 Å². The van der Waals surface area contributed by atoms with Gasteiger partial charge in [-0.3, -0.25) is 19.4 Å². The first-order chi connectivity index (χ1) is 14.9. The Balaban J connectivity index is 1.58. The lowest BCUT2D eigenvalue weighted by atomic mass is 10.0. The largest absolute Gasteiger partial charge is 0.480 e. The fraction of sp³-hybridized carbons (Fsp3) is 0.304. The Morgan fingerprint density at radius 2 is 1.71 bits per heavy atom. The lowest BCUT2D eigenvalue weighted by Gasteiger charge is -2.37. The molecular weight excluding hydrogens is 462 g/mol. The number of hydrogen-bond donors (Lipinski definition) is 2. The van der Waals surface area contributed by atoms with Crippen molar-refractivity contribution in [3.05, 3.63) is 70.3 Å². The minimum absolute atomic E-state index is 0.213. The van der Waals surface area contributed by atoms with Gasteiger partial charge in [0, 0.05) is 59.9 Å². The van der Waals surface area contributed by atoms with E-state index in [1.807, 2.05) is 41.3 Å². The molecule has 31 heavy (non-hydrogen) atoms. The molecular formula is C23H24BrN3O4. The molecule has 1 aromatic heterocycles. The van der Waals surface area contributed by atoms with E-state index in [1.165, 1.54) is 5.56 Å². The Morgan fingerprint density at radius 3 is 2.35 bits per heavy atom. The summed E-state index contributed by atoms with van der Waals surface area (Å²) < 4.78 is 2.44. The summed E-state index contributed by atoms with van der Waals surface area (Å²) in [5, 5.41) is 20.1. The number of aliphatic carboxylic acids is 2. The third kappa shape index (κ3) is 4.81. The first-order valence-corrected chi connectivity index (χ1v) is 10.9. The van der Waals surface area contributed by atoms with E-state index in [2.05, 4.69) is 33.0 Å². The Kier molecular flexibility index (Phi) is 6.41. The number of aromatic nitrogens is 1. The van der Waals surface area contributed by atoms with Crippen LogP contribution in [0.4, 0.5) is 0 Å². The summed E-state index contributed by atoms with van der Waals surface area (Å²) in [7, 11) is 0. The van der Waals surface area contributed by atoms with Crippen molar-refractivity contribution in [2.45, 2.75) is 19.1 Å². The number of rotatable bonds is 7. The molecule has 8 heteroatoms. The predicted octanol–water partition coefficient (Wildman–Crippen LogP) is 3.43. The van der Waals surface area contributed by atoms with Gasteiger partial charge in [0.1, 0.15) is 12.6 Å². The number of fused-ring (bicyclic) bond motifs is 1. The molecule has 0 aliphatic carbocycles. The second kappa shape index (κ2) is 9.21. The quantitative estimate of drug-likeness (QED) is 0.533. The highest BCUT2D eigenvalue weighted by Crippen LogP contribution is 2.33. The molecule has 0 unspecified atom stereocenters. The van der Waals surface area contributed by atoms with Gasteiger partial charge in [0.2, 0.25) is 0 Å². The summed E-state index contributed by atoms with van der Waals surface area (Å²) in [5.74, 6) is -1.89. The maximum absolute atomic E-state index is 12.3. The number of carbonyl (C=O) groups is 2. The van der Waals surface area contributed by atoms with E-state index in [4.69, 9.17) is 0 Å². The molecule has 3 aromatic rings. The van der Waals surface area contributed by atoms with Gasteiger partial charge in [-0.2, -0.15) is 0 Å². The van der Waals surface area contributed by atoms with Gasteiger partial charge in [-0.1, -0.05) is 46.3 Å². The monoisotopic (exact) mass is 485 g/mol. The number of hydrogen-bond acceptors (Lipinski definition) is 4. The zero-order valence-corrected chi connectivity index (χ0v) is 18.5. The van der Waals surface area contributed by atoms with Crippen LogP contribution in [0.25, 0.3) is 10.9 Å². The predicted molar refractivity (Wildman–Crippen MR) is 121 cm³/mol. The second-order valence-corrected chi connectivity index (χ2v) is 8.72. The molecule has 162 valence electrons. The lowest BCUT2D eigenvalue weighted by molar-refractivity contribution is -0.144. The van der Waals surface area contributed by atoms with Crippen molar-refractivity contribution in [2.24, 2.45) is 0 Å². The normalized spacial score (nSPS) is 16.4. The maximum atomic E-state index is 12.3. The molecule has 0 spiro atoms. The van der Waals surface area contributed by atoms with Crippen molar-refractivity contribution >= 4 is 38.8 Å². The summed E-state index contributed by atoms with van der Waals surface area (Å²) in [6.45, 7) is 3.44. The van der Waals surface area contributed by atoms with Crippen molar-refractivity contribution in [2.75, 3.05) is 26.2 Å². The van der Waals surface area contributed by atoms with E-state index in [0.717, 1.165) is 35.0 Å². The zero-order valence-electron chi connectivity index (χ0n) is 16.9. The van der Waals surface area contributed by atoms with Crippen molar-refractivity contribution in [1.82, 2.24) is 14.4 Å². The molecule has 1 aliphatic heterocycles. The number of carboxylic acid groups (broad SMARTS) is 2. The van der Waals surface area contributed by atoms with Gasteiger partial charge in [-0.25, -0.2) is 0 Å². The molecule has 2 heterocycles. The zero-order chi connectivity index (χ0) is 22.0. The average molecular weight is 486 g/mol. The van der Waals surface area contributed by atoms with Crippen LogP contribution in [-0.4, -0.2) is 62.7 Å². The van der Waals surface area contributed by atoms with Gasteiger partial charge in [0.05, 0.1) is 0 Å². The number of nitrogens with zero attached hydrogens (tertiary/aromatic N) is 3. The average Bonchev–Trinajstić information content (AvgIpc) is 3.06. The molecule has 1 saturated heterocycles. The molecule has 2 N–H and O–H groups in total. The SMILES string of the molecule is O=C(O)Cn1cc([C@@H](C(=O)O)N2CCN(Cc3ccccc3)CC2)c2cc(Br)ccc21. The Morgan fingerprint density at radius 1 is 1.00 bits per heavy atom. The molecule has 4 rings (SSSR count). The third-order valence-corrected chi connectivity index (χ3v) is 6.22. The number of halogens is 1. The maximum Gasteiger partial charge on any atom is 0.325 e. The first kappa shape index (κ1) is 21.5. The highest BCUT2D eigenvalue weighted by molar-refractivity contribution is 9.10. The molecule has 1 fully saturated rings. The van der Waals surface area contributed by atoms with Crippen molar-refractivity contribution in [1.29, 1.82) is 0 Å². The molecule has 0 amide bonds. The van der Waals surface area contributed by atoms with Gasteiger partial charge in [0.15, 0.2) is 0 Å². The first-order valence-electron chi connectivity index (χ1n) is 10.2. The van der Waals surface area contributed by atoms with Gasteiger partial charge < -0.3 is 14.8 Å². The van der Waals surface area contributed by atoms with E-state index in [0.29, 0.717) is 18.7 Å². The molecule has 1 aliphatic rings. The van der Waals surface area contributed by atoms with Gasteiger partial charge in [-0.15, -0.1) is 0 Å². The van der Waals surface area contributed by atoms with Gasteiger partial charge in [0.25, 0.3) is 0 Å². The van der Waals surface area contributed by atoms with Crippen molar-refractivity contribution in [3.63, 3.8) is 0 Å².